The van der Waals surface area contributed by atoms with Gasteiger partial charge in [0.05, 0.1) is 11.1 Å². The highest BCUT2D eigenvalue weighted by Crippen LogP contribution is 2.39. The number of rotatable bonds is 3. The van der Waals surface area contributed by atoms with Crippen LogP contribution in [0.3, 0.4) is 0 Å². The molecule has 0 N–H and O–H groups in total. The van der Waals surface area contributed by atoms with Gasteiger partial charge in [-0.1, -0.05) is 30.3 Å². The summed E-state index contributed by atoms with van der Waals surface area (Å²) in [5.74, 6) is -0.387. The highest BCUT2D eigenvalue weighted by Gasteiger charge is 2.40. The molecule has 214 valence electrons. The summed E-state index contributed by atoms with van der Waals surface area (Å²) in [6.07, 6.45) is -10.3. The van der Waals surface area contributed by atoms with Gasteiger partial charge in [-0.05, 0) is 51.0 Å². The van der Waals surface area contributed by atoms with Gasteiger partial charge in [-0.2, -0.15) is 26.3 Å². The Labute approximate surface area is 223 Å². The third-order valence-corrected chi connectivity index (χ3v) is 6.50. The molecule has 1 heterocycles. The van der Waals surface area contributed by atoms with Crippen molar-refractivity contribution in [1.29, 1.82) is 0 Å². The number of hydrogen-bond acceptors (Lipinski definition) is 3. The van der Waals surface area contributed by atoms with Crippen LogP contribution in [0, 0.1) is 0 Å². The smallest absolute Gasteiger partial charge is 0.416 e. The zero-order valence-electron chi connectivity index (χ0n) is 22.2. The second-order valence-corrected chi connectivity index (χ2v) is 10.5. The molecule has 1 aliphatic rings. The number of likely N-dealkylation sites (tertiary alicyclic amines) is 1. The maximum absolute atomic E-state index is 13.4. The van der Waals surface area contributed by atoms with E-state index in [9.17, 15) is 35.9 Å². The first-order valence-corrected chi connectivity index (χ1v) is 12.2. The third kappa shape index (κ3) is 7.36. The van der Waals surface area contributed by atoms with E-state index in [2.05, 4.69) is 0 Å². The SMILES string of the molecule is CN(C(=O)N(C)[C@@H]1CCN(C(=O)OC(C)(C)C)C[C@H]1c1ccccc1)c1cc(C(F)(F)F)cc(C(F)(F)F)c1. The van der Waals surface area contributed by atoms with Crippen LogP contribution in [0.25, 0.3) is 0 Å². The van der Waals surface area contributed by atoms with Crippen molar-refractivity contribution in [2.45, 2.75) is 57.1 Å². The molecule has 1 fully saturated rings. The standard InChI is InChI=1S/C27H31F6N3O3/c1-25(2,3)39-24(38)36-12-11-22(21(16-36)17-9-7-6-8-10-17)35(5)23(37)34(4)20-14-18(26(28,29)30)13-19(15-20)27(31,32)33/h6-10,13-15,21-22H,11-12,16H2,1-5H3/t21-,22+/m0/s1. The van der Waals surface area contributed by atoms with Crippen molar-refractivity contribution in [1.82, 2.24) is 9.80 Å². The minimum Gasteiger partial charge on any atom is -0.444 e. The van der Waals surface area contributed by atoms with Gasteiger partial charge in [0.2, 0.25) is 0 Å². The maximum atomic E-state index is 13.4. The van der Waals surface area contributed by atoms with Crippen molar-refractivity contribution < 1.29 is 40.7 Å². The number of anilines is 1. The average Bonchev–Trinajstić information content (AvgIpc) is 2.85. The monoisotopic (exact) mass is 559 g/mol. The molecule has 0 aliphatic carbocycles. The largest absolute Gasteiger partial charge is 0.444 e. The number of ether oxygens (including phenoxy) is 1. The van der Waals surface area contributed by atoms with E-state index in [0.717, 1.165) is 17.5 Å². The normalized spacial score (nSPS) is 18.5. The molecule has 1 saturated heterocycles. The fourth-order valence-corrected chi connectivity index (χ4v) is 4.54. The number of carbonyl (C=O) groups is 2. The molecule has 3 amide bonds. The highest BCUT2D eigenvalue weighted by molar-refractivity contribution is 5.92. The van der Waals surface area contributed by atoms with E-state index in [1.54, 1.807) is 32.9 Å². The van der Waals surface area contributed by atoms with Crippen molar-refractivity contribution in [3.05, 3.63) is 65.2 Å². The quantitative estimate of drug-likeness (QED) is 0.381. The molecule has 6 nitrogen and oxygen atoms in total. The number of likely N-dealkylation sites (N-methyl/N-ethyl adjacent to an activating group) is 1. The minimum atomic E-state index is -5.04. The van der Waals surface area contributed by atoms with Gasteiger partial charge in [-0.15, -0.1) is 0 Å². The van der Waals surface area contributed by atoms with Crippen LogP contribution in [0.2, 0.25) is 0 Å². The predicted molar refractivity (Wildman–Crippen MR) is 133 cm³/mol. The molecular weight excluding hydrogens is 528 g/mol. The summed E-state index contributed by atoms with van der Waals surface area (Å²) in [4.78, 5) is 29.8. The second-order valence-electron chi connectivity index (χ2n) is 10.5. The molecule has 39 heavy (non-hydrogen) atoms. The van der Waals surface area contributed by atoms with Crippen LogP contribution in [-0.2, 0) is 17.1 Å². The first-order valence-electron chi connectivity index (χ1n) is 12.2. The van der Waals surface area contributed by atoms with E-state index in [0.29, 0.717) is 18.6 Å². The van der Waals surface area contributed by atoms with Crippen molar-refractivity contribution in [2.24, 2.45) is 0 Å². The van der Waals surface area contributed by atoms with E-state index in [4.69, 9.17) is 4.74 Å². The number of hydrogen-bond donors (Lipinski definition) is 0. The predicted octanol–water partition coefficient (Wildman–Crippen LogP) is 7.01. The lowest BCUT2D eigenvalue weighted by Crippen LogP contribution is -2.54. The zero-order valence-corrected chi connectivity index (χ0v) is 22.2. The van der Waals surface area contributed by atoms with E-state index in [1.807, 2.05) is 18.2 Å². The van der Waals surface area contributed by atoms with E-state index in [1.165, 1.54) is 16.8 Å². The molecule has 0 radical (unpaired) electrons. The summed E-state index contributed by atoms with van der Waals surface area (Å²) in [6, 6.07) is 8.82. The topological polar surface area (TPSA) is 53.1 Å². The van der Waals surface area contributed by atoms with E-state index >= 15 is 0 Å². The van der Waals surface area contributed by atoms with E-state index in [-0.39, 0.29) is 25.1 Å². The second kappa shape index (κ2) is 11.0. The first-order chi connectivity index (χ1) is 17.9. The van der Waals surface area contributed by atoms with Crippen LogP contribution in [0.5, 0.6) is 0 Å². The van der Waals surface area contributed by atoms with Gasteiger partial charge in [0, 0.05) is 44.8 Å². The van der Waals surface area contributed by atoms with Gasteiger partial charge in [-0.3, -0.25) is 4.90 Å². The molecule has 2 aromatic carbocycles. The number of halogens is 6. The summed E-state index contributed by atoms with van der Waals surface area (Å²) < 4.78 is 85.7. The molecule has 0 spiro atoms. The Kier molecular flexibility index (Phi) is 8.47. The Morgan fingerprint density at radius 1 is 0.897 bits per heavy atom. The fraction of sp³-hybridized carbons (Fsp3) is 0.481. The third-order valence-electron chi connectivity index (χ3n) is 6.50. The van der Waals surface area contributed by atoms with Crippen molar-refractivity contribution in [2.75, 3.05) is 32.1 Å². The minimum absolute atomic E-state index is 0.0172. The molecular formula is C27H31F6N3O3. The molecule has 12 heteroatoms. The number of alkyl halides is 6. The van der Waals surface area contributed by atoms with E-state index < -0.39 is 52.9 Å². The molecule has 2 aromatic rings. The lowest BCUT2D eigenvalue weighted by atomic mass is 9.85. The van der Waals surface area contributed by atoms with Crippen LogP contribution in [-0.4, -0.2) is 60.8 Å². The summed E-state index contributed by atoms with van der Waals surface area (Å²) >= 11 is 0. The highest BCUT2D eigenvalue weighted by atomic mass is 19.4. The first kappa shape index (κ1) is 30.1. The van der Waals surface area contributed by atoms with Crippen LogP contribution in [0.1, 0.15) is 49.8 Å². The molecule has 1 aliphatic heterocycles. The Balaban J connectivity index is 1.92. The van der Waals surface area contributed by atoms with Crippen LogP contribution in [0.15, 0.2) is 48.5 Å². The molecule has 0 saturated carbocycles. The van der Waals surface area contributed by atoms with Crippen LogP contribution in [0.4, 0.5) is 41.6 Å². The maximum Gasteiger partial charge on any atom is 0.416 e. The Bertz CT molecular complexity index is 1150. The molecule has 0 aromatic heterocycles. The van der Waals surface area contributed by atoms with Gasteiger partial charge in [-0.25, -0.2) is 9.59 Å². The van der Waals surface area contributed by atoms with Crippen molar-refractivity contribution >= 4 is 17.8 Å². The molecule has 3 rings (SSSR count). The Morgan fingerprint density at radius 2 is 1.44 bits per heavy atom. The number of amides is 3. The van der Waals surface area contributed by atoms with Gasteiger partial charge in [0.25, 0.3) is 0 Å². The molecule has 2 atom stereocenters. The van der Waals surface area contributed by atoms with Crippen molar-refractivity contribution in [3.8, 4) is 0 Å². The van der Waals surface area contributed by atoms with Crippen LogP contribution < -0.4 is 4.90 Å². The lowest BCUT2D eigenvalue weighted by molar-refractivity contribution is -0.143. The van der Waals surface area contributed by atoms with Gasteiger partial charge >= 0.3 is 24.5 Å². The number of nitrogens with zero attached hydrogens (tertiary/aromatic N) is 3. The lowest BCUT2D eigenvalue weighted by Gasteiger charge is -2.43. The van der Waals surface area contributed by atoms with Gasteiger partial charge in [0.1, 0.15) is 5.60 Å². The van der Waals surface area contributed by atoms with Crippen molar-refractivity contribution in [3.63, 3.8) is 0 Å². The van der Waals surface area contributed by atoms with Gasteiger partial charge < -0.3 is 14.5 Å². The molecule has 0 bridgehead atoms. The summed E-state index contributed by atoms with van der Waals surface area (Å²) in [7, 11) is 2.57. The zero-order chi connectivity index (χ0) is 29.3. The Morgan fingerprint density at radius 3 is 1.92 bits per heavy atom. The summed E-state index contributed by atoms with van der Waals surface area (Å²) in [5.41, 5.74) is -3.47. The fourth-order valence-electron chi connectivity index (χ4n) is 4.54. The molecule has 0 unspecified atom stereocenters. The average molecular weight is 560 g/mol. The van der Waals surface area contributed by atoms with Gasteiger partial charge in [0.15, 0.2) is 0 Å². The van der Waals surface area contributed by atoms with Crippen LogP contribution >= 0.6 is 0 Å². The Hall–Kier alpha value is -3.44. The summed E-state index contributed by atoms with van der Waals surface area (Å²) in [5, 5.41) is 0. The number of piperidine rings is 1. The summed E-state index contributed by atoms with van der Waals surface area (Å²) in [6.45, 7) is 5.67. The number of carbonyl (C=O) groups excluding carboxylic acids is 2. The number of urea groups is 1. The number of benzene rings is 2.